The van der Waals surface area contributed by atoms with Crippen LogP contribution in [0.25, 0.3) is 0 Å². The smallest absolute Gasteiger partial charge is 0.123 e. The molecular formula is C16H26N2O. The van der Waals surface area contributed by atoms with E-state index >= 15 is 0 Å². The van der Waals surface area contributed by atoms with Crippen LogP contribution >= 0.6 is 0 Å². The summed E-state index contributed by atoms with van der Waals surface area (Å²) in [5.41, 5.74) is 8.49. The zero-order valence-electron chi connectivity index (χ0n) is 12.7. The van der Waals surface area contributed by atoms with Gasteiger partial charge in [-0.15, -0.1) is 0 Å². The molecule has 1 aliphatic rings. The fourth-order valence-electron chi connectivity index (χ4n) is 3.04. The van der Waals surface area contributed by atoms with E-state index in [-0.39, 0.29) is 0 Å². The van der Waals surface area contributed by atoms with Crippen LogP contribution in [0.4, 0.5) is 11.4 Å². The van der Waals surface area contributed by atoms with Crippen molar-refractivity contribution in [2.24, 2.45) is 16.7 Å². The van der Waals surface area contributed by atoms with Crippen LogP contribution in [0.15, 0.2) is 18.2 Å². The summed E-state index contributed by atoms with van der Waals surface area (Å²) in [6.45, 7) is 13.0. The Bertz CT molecular complexity index is 452. The van der Waals surface area contributed by atoms with Gasteiger partial charge in [0.25, 0.3) is 0 Å². The first-order valence-corrected chi connectivity index (χ1v) is 7.06. The number of hydrogen-bond donors (Lipinski definition) is 2. The van der Waals surface area contributed by atoms with Gasteiger partial charge in [0.05, 0.1) is 6.61 Å². The van der Waals surface area contributed by atoms with Crippen molar-refractivity contribution in [3.05, 3.63) is 18.2 Å². The SMILES string of the molecule is CCOc1cc(N)cc(NCC2C(C)(C)C2(C)C)c1. The Labute approximate surface area is 116 Å². The topological polar surface area (TPSA) is 47.3 Å². The summed E-state index contributed by atoms with van der Waals surface area (Å²) in [5, 5.41) is 3.50. The molecule has 1 aliphatic carbocycles. The molecule has 0 aliphatic heterocycles. The number of ether oxygens (including phenoxy) is 1. The summed E-state index contributed by atoms with van der Waals surface area (Å²) in [6, 6.07) is 5.84. The second kappa shape index (κ2) is 4.62. The van der Waals surface area contributed by atoms with E-state index in [4.69, 9.17) is 10.5 Å². The molecule has 0 bridgehead atoms. The molecule has 0 atom stereocenters. The average molecular weight is 262 g/mol. The maximum atomic E-state index is 5.90. The molecule has 19 heavy (non-hydrogen) atoms. The number of nitrogens with one attached hydrogen (secondary N) is 1. The van der Waals surface area contributed by atoms with Gasteiger partial charge in [0.2, 0.25) is 0 Å². The lowest BCUT2D eigenvalue weighted by molar-refractivity contribution is 0.340. The minimum absolute atomic E-state index is 0.406. The van der Waals surface area contributed by atoms with Gasteiger partial charge < -0.3 is 15.8 Å². The predicted molar refractivity (Wildman–Crippen MR) is 81.6 cm³/mol. The molecule has 0 radical (unpaired) electrons. The number of anilines is 2. The van der Waals surface area contributed by atoms with Crippen molar-refractivity contribution in [3.63, 3.8) is 0 Å². The van der Waals surface area contributed by atoms with E-state index in [0.29, 0.717) is 23.4 Å². The summed E-state index contributed by atoms with van der Waals surface area (Å²) >= 11 is 0. The van der Waals surface area contributed by atoms with Gasteiger partial charge in [0.15, 0.2) is 0 Å². The van der Waals surface area contributed by atoms with Crippen molar-refractivity contribution in [1.82, 2.24) is 0 Å². The van der Waals surface area contributed by atoms with E-state index in [2.05, 4.69) is 33.0 Å². The van der Waals surface area contributed by atoms with Gasteiger partial charge in [-0.2, -0.15) is 0 Å². The first-order valence-electron chi connectivity index (χ1n) is 7.06. The molecule has 0 heterocycles. The fraction of sp³-hybridized carbons (Fsp3) is 0.625. The third kappa shape index (κ3) is 2.51. The zero-order chi connectivity index (χ0) is 14.3. The monoisotopic (exact) mass is 262 g/mol. The van der Waals surface area contributed by atoms with Crippen molar-refractivity contribution in [2.75, 3.05) is 24.2 Å². The fourth-order valence-corrected chi connectivity index (χ4v) is 3.04. The van der Waals surface area contributed by atoms with Crippen molar-refractivity contribution < 1.29 is 4.74 Å². The Morgan fingerprint density at radius 1 is 1.16 bits per heavy atom. The van der Waals surface area contributed by atoms with Gasteiger partial charge in [0.1, 0.15) is 5.75 Å². The second-order valence-corrected chi connectivity index (χ2v) is 6.60. The minimum atomic E-state index is 0.406. The zero-order valence-corrected chi connectivity index (χ0v) is 12.7. The van der Waals surface area contributed by atoms with Crippen LogP contribution in [-0.2, 0) is 0 Å². The molecule has 0 saturated heterocycles. The Morgan fingerprint density at radius 3 is 2.32 bits per heavy atom. The largest absolute Gasteiger partial charge is 0.494 e. The molecule has 0 amide bonds. The number of nitrogen functional groups attached to an aromatic ring is 1. The second-order valence-electron chi connectivity index (χ2n) is 6.60. The van der Waals surface area contributed by atoms with Crippen LogP contribution in [0, 0.1) is 16.7 Å². The highest BCUT2D eigenvalue weighted by Gasteiger charge is 2.63. The highest BCUT2D eigenvalue weighted by Crippen LogP contribution is 2.68. The van der Waals surface area contributed by atoms with Crippen LogP contribution < -0.4 is 15.8 Å². The molecule has 1 fully saturated rings. The number of nitrogens with two attached hydrogens (primary N) is 1. The molecule has 3 N–H and O–H groups in total. The van der Waals surface area contributed by atoms with Gasteiger partial charge in [-0.3, -0.25) is 0 Å². The lowest BCUT2D eigenvalue weighted by Crippen LogP contribution is -2.08. The molecule has 106 valence electrons. The summed E-state index contributed by atoms with van der Waals surface area (Å²) in [6.07, 6.45) is 0. The lowest BCUT2D eigenvalue weighted by atomic mass is 10.0. The molecule has 0 aromatic heterocycles. The van der Waals surface area contributed by atoms with E-state index in [1.165, 1.54) is 0 Å². The summed E-state index contributed by atoms with van der Waals surface area (Å²) in [5.74, 6) is 1.52. The first kappa shape index (κ1) is 14.0. The Hall–Kier alpha value is -1.38. The van der Waals surface area contributed by atoms with Crippen LogP contribution in [-0.4, -0.2) is 13.2 Å². The van der Waals surface area contributed by atoms with Crippen molar-refractivity contribution in [1.29, 1.82) is 0 Å². The van der Waals surface area contributed by atoms with Crippen LogP contribution in [0.2, 0.25) is 0 Å². The third-order valence-corrected chi connectivity index (χ3v) is 5.07. The van der Waals surface area contributed by atoms with Crippen molar-refractivity contribution in [3.8, 4) is 5.75 Å². The maximum Gasteiger partial charge on any atom is 0.123 e. The van der Waals surface area contributed by atoms with E-state index in [0.717, 1.165) is 23.7 Å². The Kier molecular flexibility index (Phi) is 3.41. The van der Waals surface area contributed by atoms with Gasteiger partial charge in [-0.05, 0) is 29.7 Å². The maximum absolute atomic E-state index is 5.90. The standard InChI is InChI=1S/C16H26N2O/c1-6-19-13-8-11(17)7-12(9-13)18-10-14-15(2,3)16(14,4)5/h7-9,14,18H,6,10,17H2,1-5H3. The predicted octanol–water partition coefficient (Wildman–Crippen LogP) is 3.76. The Morgan fingerprint density at radius 2 is 1.79 bits per heavy atom. The normalized spacial score (nSPS) is 20.1. The average Bonchev–Trinajstić information content (AvgIpc) is 2.66. The quantitative estimate of drug-likeness (QED) is 0.794. The highest BCUT2D eigenvalue weighted by atomic mass is 16.5. The highest BCUT2D eigenvalue weighted by molar-refractivity contribution is 5.59. The lowest BCUT2D eigenvalue weighted by Gasteiger charge is -2.11. The summed E-state index contributed by atoms with van der Waals surface area (Å²) in [4.78, 5) is 0. The molecule has 1 aromatic carbocycles. The van der Waals surface area contributed by atoms with Crippen LogP contribution in [0.3, 0.4) is 0 Å². The van der Waals surface area contributed by atoms with Gasteiger partial charge in [-0.1, -0.05) is 27.7 Å². The van der Waals surface area contributed by atoms with Gasteiger partial charge in [0, 0.05) is 30.1 Å². The van der Waals surface area contributed by atoms with E-state index in [1.54, 1.807) is 0 Å². The molecule has 0 spiro atoms. The molecule has 0 unspecified atom stereocenters. The molecule has 2 rings (SSSR count). The Balaban J connectivity index is 2.01. The van der Waals surface area contributed by atoms with Crippen molar-refractivity contribution >= 4 is 11.4 Å². The molecule has 1 aromatic rings. The van der Waals surface area contributed by atoms with Gasteiger partial charge >= 0.3 is 0 Å². The van der Waals surface area contributed by atoms with Gasteiger partial charge in [-0.25, -0.2) is 0 Å². The summed E-state index contributed by atoms with van der Waals surface area (Å²) in [7, 11) is 0. The third-order valence-electron chi connectivity index (χ3n) is 5.07. The first-order chi connectivity index (χ1) is 8.79. The minimum Gasteiger partial charge on any atom is -0.494 e. The molecule has 3 nitrogen and oxygen atoms in total. The number of rotatable bonds is 5. The summed E-state index contributed by atoms with van der Waals surface area (Å²) < 4.78 is 5.51. The number of hydrogen-bond acceptors (Lipinski definition) is 3. The number of benzene rings is 1. The van der Waals surface area contributed by atoms with Crippen molar-refractivity contribution in [2.45, 2.75) is 34.6 Å². The van der Waals surface area contributed by atoms with E-state index < -0.39 is 0 Å². The molecular weight excluding hydrogens is 236 g/mol. The van der Waals surface area contributed by atoms with E-state index in [9.17, 15) is 0 Å². The van der Waals surface area contributed by atoms with Crippen LogP contribution in [0.5, 0.6) is 5.75 Å². The van der Waals surface area contributed by atoms with Crippen LogP contribution in [0.1, 0.15) is 34.6 Å². The molecule has 3 heteroatoms. The van der Waals surface area contributed by atoms with E-state index in [1.807, 2.05) is 25.1 Å². The molecule has 1 saturated carbocycles.